The molecule has 1 amide bonds. The van der Waals surface area contributed by atoms with Gasteiger partial charge in [0.25, 0.3) is 5.91 Å². The van der Waals surface area contributed by atoms with E-state index in [1.165, 1.54) is 28.6 Å². The van der Waals surface area contributed by atoms with Crippen LogP contribution in [0.15, 0.2) is 70.3 Å². The van der Waals surface area contributed by atoms with Gasteiger partial charge in [0.15, 0.2) is 5.76 Å². The lowest BCUT2D eigenvalue weighted by Crippen LogP contribution is -2.28. The average Bonchev–Trinajstić information content (AvgIpc) is 3.47. The summed E-state index contributed by atoms with van der Waals surface area (Å²) in [6, 6.07) is 13.4. The minimum atomic E-state index is -3.47. The predicted molar refractivity (Wildman–Crippen MR) is 108 cm³/mol. The molecule has 1 aliphatic rings. The van der Waals surface area contributed by atoms with Crippen LogP contribution in [-0.2, 0) is 16.6 Å². The lowest BCUT2D eigenvalue weighted by molar-refractivity contribution is 0.0950. The van der Waals surface area contributed by atoms with Crippen LogP contribution in [-0.4, -0.2) is 36.7 Å². The van der Waals surface area contributed by atoms with Gasteiger partial charge in [0.05, 0.1) is 11.2 Å². The Balaban J connectivity index is 1.37. The molecule has 2 aromatic heterocycles. The van der Waals surface area contributed by atoms with E-state index >= 15 is 0 Å². The molecule has 0 spiro atoms. The van der Waals surface area contributed by atoms with Crippen LogP contribution in [0.5, 0.6) is 0 Å². The highest BCUT2D eigenvalue weighted by atomic mass is 32.2. The minimum Gasteiger partial charge on any atom is -0.463 e. The molecule has 0 radical (unpaired) electrons. The van der Waals surface area contributed by atoms with Crippen molar-refractivity contribution >= 4 is 15.9 Å². The van der Waals surface area contributed by atoms with Crippen LogP contribution in [0.1, 0.15) is 28.8 Å². The molecule has 1 saturated heterocycles. The van der Waals surface area contributed by atoms with Gasteiger partial charge in [-0.1, -0.05) is 6.07 Å². The van der Waals surface area contributed by atoms with Crippen molar-refractivity contribution in [1.82, 2.24) is 14.6 Å². The lowest BCUT2D eigenvalue weighted by atomic mass is 10.2. The average molecular weight is 411 g/mol. The first kappa shape index (κ1) is 19.4. The van der Waals surface area contributed by atoms with E-state index in [9.17, 15) is 13.2 Å². The zero-order chi connectivity index (χ0) is 20.3. The zero-order valence-electron chi connectivity index (χ0n) is 15.7. The van der Waals surface area contributed by atoms with Crippen LogP contribution < -0.4 is 5.32 Å². The number of amides is 1. The van der Waals surface area contributed by atoms with E-state index in [1.54, 1.807) is 18.5 Å². The quantitative estimate of drug-likeness (QED) is 0.673. The first-order valence-electron chi connectivity index (χ1n) is 9.41. The molecule has 150 valence electrons. The third-order valence-corrected chi connectivity index (χ3v) is 6.78. The van der Waals surface area contributed by atoms with Gasteiger partial charge in [-0.25, -0.2) is 8.42 Å². The zero-order valence-corrected chi connectivity index (χ0v) is 16.6. The van der Waals surface area contributed by atoms with Gasteiger partial charge >= 0.3 is 0 Å². The van der Waals surface area contributed by atoms with Crippen LogP contribution >= 0.6 is 0 Å². The minimum absolute atomic E-state index is 0.216. The number of pyridine rings is 1. The Morgan fingerprint density at radius 3 is 2.45 bits per heavy atom. The molecule has 3 aromatic rings. The van der Waals surface area contributed by atoms with Crippen molar-refractivity contribution in [3.05, 3.63) is 72.1 Å². The molecule has 0 unspecified atom stereocenters. The molecule has 3 heterocycles. The van der Waals surface area contributed by atoms with E-state index in [2.05, 4.69) is 10.3 Å². The number of carbonyl (C=O) groups is 1. The molecule has 0 saturated carbocycles. The van der Waals surface area contributed by atoms with Gasteiger partial charge in [-0.15, -0.1) is 0 Å². The summed E-state index contributed by atoms with van der Waals surface area (Å²) in [4.78, 5) is 16.9. The molecule has 0 aliphatic carbocycles. The molecule has 0 atom stereocenters. The van der Waals surface area contributed by atoms with Crippen LogP contribution in [0.2, 0.25) is 0 Å². The maximum absolute atomic E-state index is 12.6. The fourth-order valence-electron chi connectivity index (χ4n) is 3.24. The van der Waals surface area contributed by atoms with Crippen molar-refractivity contribution in [2.75, 3.05) is 13.1 Å². The first-order valence-corrected chi connectivity index (χ1v) is 10.9. The number of rotatable bonds is 6. The highest BCUT2D eigenvalue weighted by molar-refractivity contribution is 7.89. The van der Waals surface area contributed by atoms with Gasteiger partial charge in [0.2, 0.25) is 10.0 Å². The summed E-state index contributed by atoms with van der Waals surface area (Å²) in [5.74, 6) is 0.412. The summed E-state index contributed by atoms with van der Waals surface area (Å²) < 4.78 is 31.9. The van der Waals surface area contributed by atoms with Crippen molar-refractivity contribution in [3.63, 3.8) is 0 Å². The fraction of sp³-hybridized carbons (Fsp3) is 0.238. The van der Waals surface area contributed by atoms with Gasteiger partial charge in [-0.2, -0.15) is 4.31 Å². The van der Waals surface area contributed by atoms with E-state index in [0.29, 0.717) is 31.0 Å². The second-order valence-corrected chi connectivity index (χ2v) is 8.79. The largest absolute Gasteiger partial charge is 0.463 e. The van der Waals surface area contributed by atoms with Gasteiger partial charge in [-0.3, -0.25) is 9.78 Å². The monoisotopic (exact) mass is 411 g/mol. The summed E-state index contributed by atoms with van der Waals surface area (Å²) in [5.41, 5.74) is 1.98. The number of hydrogen-bond acceptors (Lipinski definition) is 5. The molecule has 1 N–H and O–H groups in total. The Kier molecular flexibility index (Phi) is 5.46. The summed E-state index contributed by atoms with van der Waals surface area (Å²) in [5, 5.41) is 2.82. The molecule has 8 heteroatoms. The van der Waals surface area contributed by atoms with Crippen molar-refractivity contribution in [1.29, 1.82) is 0 Å². The standard InChI is InChI=1S/C21H21N3O4S/c25-21(23-15-16-5-10-19(22-14-16)20-4-3-13-28-20)17-6-8-18(9-7-17)29(26,27)24-11-1-2-12-24/h3-10,13-14H,1-2,11-12,15H2,(H,23,25). The summed E-state index contributed by atoms with van der Waals surface area (Å²) >= 11 is 0. The second kappa shape index (κ2) is 8.18. The highest BCUT2D eigenvalue weighted by Crippen LogP contribution is 2.21. The van der Waals surface area contributed by atoms with Gasteiger partial charge < -0.3 is 9.73 Å². The van der Waals surface area contributed by atoms with Gasteiger partial charge in [0, 0.05) is 31.4 Å². The Bertz CT molecular complexity index is 1070. The van der Waals surface area contributed by atoms with Crippen LogP contribution in [0.4, 0.5) is 0 Å². The molecule has 29 heavy (non-hydrogen) atoms. The number of carbonyl (C=O) groups excluding carboxylic acids is 1. The Morgan fingerprint density at radius 1 is 1.07 bits per heavy atom. The van der Waals surface area contributed by atoms with Crippen LogP contribution in [0, 0.1) is 0 Å². The van der Waals surface area contributed by atoms with E-state index < -0.39 is 10.0 Å². The van der Waals surface area contributed by atoms with E-state index in [-0.39, 0.29) is 10.8 Å². The molecule has 1 aliphatic heterocycles. The van der Waals surface area contributed by atoms with Crippen molar-refractivity contribution < 1.29 is 17.6 Å². The summed E-state index contributed by atoms with van der Waals surface area (Å²) in [6.07, 6.45) is 5.05. The van der Waals surface area contributed by atoms with E-state index in [1.807, 2.05) is 18.2 Å². The summed E-state index contributed by atoms with van der Waals surface area (Å²) in [6.45, 7) is 1.42. The number of hydrogen-bond donors (Lipinski definition) is 1. The predicted octanol–water partition coefficient (Wildman–Crippen LogP) is 3.06. The Hall–Kier alpha value is -2.97. The number of furan rings is 1. The molecular formula is C21H21N3O4S. The lowest BCUT2D eigenvalue weighted by Gasteiger charge is -2.15. The first-order chi connectivity index (χ1) is 14.0. The molecule has 4 rings (SSSR count). The molecule has 1 aromatic carbocycles. The number of nitrogens with one attached hydrogen (secondary N) is 1. The molecule has 0 bridgehead atoms. The Labute approximate surface area is 169 Å². The fourth-order valence-corrected chi connectivity index (χ4v) is 4.76. The van der Waals surface area contributed by atoms with Crippen LogP contribution in [0.25, 0.3) is 11.5 Å². The number of aromatic nitrogens is 1. The maximum atomic E-state index is 12.6. The highest BCUT2D eigenvalue weighted by Gasteiger charge is 2.27. The smallest absolute Gasteiger partial charge is 0.251 e. The third-order valence-electron chi connectivity index (χ3n) is 4.87. The third kappa shape index (κ3) is 4.23. The SMILES string of the molecule is O=C(NCc1ccc(-c2ccco2)nc1)c1ccc(S(=O)(=O)N2CCCC2)cc1. The number of nitrogens with zero attached hydrogens (tertiary/aromatic N) is 2. The second-order valence-electron chi connectivity index (χ2n) is 6.85. The molecular weight excluding hydrogens is 390 g/mol. The van der Waals surface area contributed by atoms with E-state index in [4.69, 9.17) is 4.42 Å². The van der Waals surface area contributed by atoms with Crippen LogP contribution in [0.3, 0.4) is 0 Å². The van der Waals surface area contributed by atoms with E-state index in [0.717, 1.165) is 24.1 Å². The summed E-state index contributed by atoms with van der Waals surface area (Å²) in [7, 11) is -3.47. The van der Waals surface area contributed by atoms with Crippen molar-refractivity contribution in [2.45, 2.75) is 24.3 Å². The van der Waals surface area contributed by atoms with Crippen molar-refractivity contribution in [3.8, 4) is 11.5 Å². The van der Waals surface area contributed by atoms with Gasteiger partial charge in [-0.05, 0) is 60.9 Å². The molecule has 7 nitrogen and oxygen atoms in total. The number of benzene rings is 1. The Morgan fingerprint density at radius 2 is 1.83 bits per heavy atom. The maximum Gasteiger partial charge on any atom is 0.251 e. The van der Waals surface area contributed by atoms with Gasteiger partial charge in [0.1, 0.15) is 5.69 Å². The topological polar surface area (TPSA) is 92.5 Å². The normalized spacial score (nSPS) is 14.8. The number of sulfonamides is 1. The molecule has 1 fully saturated rings. The van der Waals surface area contributed by atoms with Crippen molar-refractivity contribution in [2.24, 2.45) is 0 Å².